The maximum absolute atomic E-state index is 12.3. The predicted octanol–water partition coefficient (Wildman–Crippen LogP) is 0.513. The number of hydrogen-bond donors (Lipinski definition) is 1. The van der Waals surface area contributed by atoms with Crippen molar-refractivity contribution in [3.05, 3.63) is 29.8 Å². The number of nitrogens with zero attached hydrogens (tertiary/aromatic N) is 2. The number of rotatable bonds is 1. The molecule has 3 nitrogen and oxygen atoms in total. The van der Waals surface area contributed by atoms with Crippen LogP contribution in [0.4, 0.5) is 4.39 Å². The third-order valence-electron chi connectivity index (χ3n) is 0.950. The van der Waals surface area contributed by atoms with Crippen molar-refractivity contribution >= 4 is 6.21 Å². The molecule has 0 amide bonds. The van der Waals surface area contributed by atoms with Gasteiger partial charge in [-0.25, -0.2) is 4.39 Å². The van der Waals surface area contributed by atoms with Gasteiger partial charge in [0.05, 0.1) is 12.4 Å². The summed E-state index contributed by atoms with van der Waals surface area (Å²) in [5.74, 6) is 4.44. The third-order valence-corrected chi connectivity index (χ3v) is 0.950. The van der Waals surface area contributed by atoms with E-state index in [4.69, 9.17) is 5.84 Å². The van der Waals surface area contributed by atoms with E-state index < -0.39 is 5.82 Å². The summed E-state index contributed by atoms with van der Waals surface area (Å²) >= 11 is 0. The highest BCUT2D eigenvalue weighted by atomic mass is 19.1. The zero-order chi connectivity index (χ0) is 7.40. The molecule has 0 aliphatic heterocycles. The number of hydrazone groups is 1. The number of hydrogen-bond acceptors (Lipinski definition) is 3. The Hall–Kier alpha value is -1.45. The van der Waals surface area contributed by atoms with Crippen LogP contribution in [-0.4, -0.2) is 11.2 Å². The van der Waals surface area contributed by atoms with E-state index in [-0.39, 0.29) is 0 Å². The van der Waals surface area contributed by atoms with Gasteiger partial charge in [-0.15, -0.1) is 0 Å². The molecule has 0 unspecified atom stereocenters. The molecule has 2 N–H and O–H groups in total. The minimum Gasteiger partial charge on any atom is -0.323 e. The summed E-state index contributed by atoms with van der Waals surface area (Å²) in [7, 11) is 0. The second-order valence-corrected chi connectivity index (χ2v) is 1.71. The third kappa shape index (κ3) is 1.51. The quantitative estimate of drug-likeness (QED) is 0.350. The lowest BCUT2D eigenvalue weighted by atomic mass is 10.3. The van der Waals surface area contributed by atoms with E-state index >= 15 is 0 Å². The summed E-state index contributed by atoms with van der Waals surface area (Å²) in [5.41, 5.74) is 0.558. The van der Waals surface area contributed by atoms with Crippen LogP contribution in [0.5, 0.6) is 0 Å². The van der Waals surface area contributed by atoms with Gasteiger partial charge < -0.3 is 5.84 Å². The van der Waals surface area contributed by atoms with Crippen molar-refractivity contribution in [2.75, 3.05) is 0 Å². The predicted molar refractivity (Wildman–Crippen MR) is 36.0 cm³/mol. The highest BCUT2D eigenvalue weighted by Crippen LogP contribution is 1.96. The molecule has 0 aromatic carbocycles. The van der Waals surface area contributed by atoms with E-state index in [9.17, 15) is 4.39 Å². The lowest BCUT2D eigenvalue weighted by molar-refractivity contribution is 0.621. The van der Waals surface area contributed by atoms with Crippen LogP contribution in [0.25, 0.3) is 0 Å². The SMILES string of the molecule is N/N=C/c1cncc(F)c1. The van der Waals surface area contributed by atoms with E-state index in [2.05, 4.69) is 10.1 Å². The Labute approximate surface area is 57.4 Å². The van der Waals surface area contributed by atoms with Gasteiger partial charge in [-0.05, 0) is 6.07 Å². The summed E-state index contributed by atoms with van der Waals surface area (Å²) < 4.78 is 12.3. The van der Waals surface area contributed by atoms with Crippen LogP contribution in [-0.2, 0) is 0 Å². The number of aromatic nitrogens is 1. The van der Waals surface area contributed by atoms with Crippen LogP contribution in [0.15, 0.2) is 23.6 Å². The molecule has 0 fully saturated rings. The average Bonchev–Trinajstić information content (AvgIpc) is 1.88. The molecule has 1 rings (SSSR count). The topological polar surface area (TPSA) is 51.3 Å². The summed E-state index contributed by atoms with van der Waals surface area (Å²) in [6.07, 6.45) is 3.92. The van der Waals surface area contributed by atoms with Gasteiger partial charge in [0, 0.05) is 11.8 Å². The van der Waals surface area contributed by atoms with E-state index in [1.807, 2.05) is 0 Å². The molecule has 0 saturated carbocycles. The molecule has 0 radical (unpaired) electrons. The zero-order valence-corrected chi connectivity index (χ0v) is 5.16. The monoisotopic (exact) mass is 139 g/mol. The Bertz CT molecular complexity index is 247. The highest BCUT2D eigenvalue weighted by Gasteiger charge is 1.90. The first-order chi connectivity index (χ1) is 4.83. The molecule has 0 aliphatic rings. The van der Waals surface area contributed by atoms with Gasteiger partial charge >= 0.3 is 0 Å². The Morgan fingerprint density at radius 2 is 2.40 bits per heavy atom. The van der Waals surface area contributed by atoms with E-state index in [1.54, 1.807) is 0 Å². The lowest BCUT2D eigenvalue weighted by Gasteiger charge is -1.88. The molecule has 0 bridgehead atoms. The molecular formula is C6H6FN3. The van der Waals surface area contributed by atoms with Crippen LogP contribution in [0.2, 0.25) is 0 Å². The molecule has 1 aromatic rings. The Kier molecular flexibility index (Phi) is 1.94. The summed E-state index contributed by atoms with van der Waals surface area (Å²) in [6.45, 7) is 0. The summed E-state index contributed by atoms with van der Waals surface area (Å²) in [5, 5.41) is 3.22. The Balaban J connectivity index is 2.95. The van der Waals surface area contributed by atoms with Gasteiger partial charge in [0.15, 0.2) is 0 Å². The molecule has 1 aromatic heterocycles. The van der Waals surface area contributed by atoms with Crippen LogP contribution >= 0.6 is 0 Å². The molecule has 0 saturated heterocycles. The summed E-state index contributed by atoms with van der Waals surface area (Å²) in [6, 6.07) is 1.30. The van der Waals surface area contributed by atoms with Gasteiger partial charge in [-0.1, -0.05) is 0 Å². The first-order valence-corrected chi connectivity index (χ1v) is 2.67. The molecule has 1 heterocycles. The van der Waals surface area contributed by atoms with Crippen LogP contribution in [0, 0.1) is 5.82 Å². The molecule has 0 atom stereocenters. The maximum Gasteiger partial charge on any atom is 0.142 e. The van der Waals surface area contributed by atoms with Gasteiger partial charge in [0.1, 0.15) is 5.82 Å². The first kappa shape index (κ1) is 6.67. The highest BCUT2D eigenvalue weighted by molar-refractivity contribution is 5.78. The van der Waals surface area contributed by atoms with Crippen molar-refractivity contribution in [2.24, 2.45) is 10.9 Å². The van der Waals surface area contributed by atoms with E-state index in [0.29, 0.717) is 5.56 Å². The first-order valence-electron chi connectivity index (χ1n) is 2.67. The van der Waals surface area contributed by atoms with E-state index in [1.165, 1.54) is 18.5 Å². The standard InChI is InChI=1S/C6H6FN3/c7-6-1-5(3-10-8)2-9-4-6/h1-4H,8H2/b10-3+. The minimum absolute atomic E-state index is 0.391. The normalized spacial score (nSPS) is 10.5. The second kappa shape index (κ2) is 2.91. The Morgan fingerprint density at radius 3 is 3.00 bits per heavy atom. The van der Waals surface area contributed by atoms with Crippen molar-refractivity contribution in [1.29, 1.82) is 0 Å². The fourth-order valence-electron chi connectivity index (χ4n) is 0.585. The number of halogens is 1. The van der Waals surface area contributed by atoms with Crippen molar-refractivity contribution in [1.82, 2.24) is 4.98 Å². The van der Waals surface area contributed by atoms with Crippen molar-refractivity contribution in [2.45, 2.75) is 0 Å². The second-order valence-electron chi connectivity index (χ2n) is 1.71. The van der Waals surface area contributed by atoms with Crippen LogP contribution < -0.4 is 5.84 Å². The van der Waals surface area contributed by atoms with Crippen molar-refractivity contribution in [3.8, 4) is 0 Å². The molecule has 4 heteroatoms. The average molecular weight is 139 g/mol. The van der Waals surface area contributed by atoms with E-state index in [0.717, 1.165) is 6.20 Å². The summed E-state index contributed by atoms with van der Waals surface area (Å²) in [4.78, 5) is 3.58. The molecule has 10 heavy (non-hydrogen) atoms. The van der Waals surface area contributed by atoms with Gasteiger partial charge in [-0.2, -0.15) is 5.10 Å². The number of nitrogens with two attached hydrogens (primary N) is 1. The lowest BCUT2D eigenvalue weighted by Crippen LogP contribution is -1.88. The van der Waals surface area contributed by atoms with Crippen molar-refractivity contribution in [3.63, 3.8) is 0 Å². The Morgan fingerprint density at radius 1 is 1.60 bits per heavy atom. The number of pyridine rings is 1. The maximum atomic E-state index is 12.3. The van der Waals surface area contributed by atoms with Crippen LogP contribution in [0.3, 0.4) is 0 Å². The van der Waals surface area contributed by atoms with Crippen LogP contribution in [0.1, 0.15) is 5.56 Å². The zero-order valence-electron chi connectivity index (χ0n) is 5.16. The van der Waals surface area contributed by atoms with Gasteiger partial charge in [-0.3, -0.25) is 4.98 Å². The fourth-order valence-corrected chi connectivity index (χ4v) is 0.585. The van der Waals surface area contributed by atoms with Crippen molar-refractivity contribution < 1.29 is 4.39 Å². The molecule has 0 aliphatic carbocycles. The minimum atomic E-state index is -0.391. The molecular weight excluding hydrogens is 133 g/mol. The fraction of sp³-hybridized carbons (Fsp3) is 0. The largest absolute Gasteiger partial charge is 0.323 e. The van der Waals surface area contributed by atoms with Gasteiger partial charge in [0.25, 0.3) is 0 Å². The van der Waals surface area contributed by atoms with Gasteiger partial charge in [0.2, 0.25) is 0 Å². The molecule has 0 spiro atoms. The smallest absolute Gasteiger partial charge is 0.142 e. The molecule has 52 valence electrons.